The summed E-state index contributed by atoms with van der Waals surface area (Å²) in [4.78, 5) is 15.8. The molecule has 3 rings (SSSR count). The van der Waals surface area contributed by atoms with E-state index in [1.165, 1.54) is 11.8 Å². The molecule has 0 aromatic carbocycles. The highest BCUT2D eigenvalue weighted by Gasteiger charge is 2.37. The van der Waals surface area contributed by atoms with Crippen molar-refractivity contribution in [3.8, 4) is 0 Å². The van der Waals surface area contributed by atoms with Crippen molar-refractivity contribution in [3.05, 3.63) is 29.7 Å². The first kappa shape index (κ1) is 18.2. The minimum absolute atomic E-state index is 0.0161. The Bertz CT molecular complexity index is 744. The highest BCUT2D eigenvalue weighted by Crippen LogP contribution is 2.36. The number of anilines is 2. The first-order valence-corrected chi connectivity index (χ1v) is 9.45. The van der Waals surface area contributed by atoms with Crippen LogP contribution in [0.3, 0.4) is 0 Å². The van der Waals surface area contributed by atoms with E-state index in [9.17, 15) is 5.11 Å². The van der Waals surface area contributed by atoms with Gasteiger partial charge >= 0.3 is 0 Å². The van der Waals surface area contributed by atoms with Crippen LogP contribution in [0.2, 0.25) is 5.02 Å². The second kappa shape index (κ2) is 7.35. The second-order valence-corrected chi connectivity index (χ2v) is 7.98. The molecule has 0 unspecified atom stereocenters. The second-order valence-electron chi connectivity index (χ2n) is 6.54. The van der Waals surface area contributed by atoms with E-state index in [0.29, 0.717) is 17.4 Å². The Morgan fingerprint density at radius 1 is 1.40 bits per heavy atom. The van der Waals surface area contributed by atoms with Crippen LogP contribution < -0.4 is 10.6 Å². The molecule has 1 fully saturated rings. The molecular weight excluding hydrogens is 358 g/mol. The molecule has 1 aliphatic rings. The van der Waals surface area contributed by atoms with Gasteiger partial charge in [0.25, 0.3) is 0 Å². The van der Waals surface area contributed by atoms with Gasteiger partial charge in [-0.2, -0.15) is 0 Å². The Morgan fingerprint density at radius 2 is 2.20 bits per heavy atom. The molecule has 3 heterocycles. The van der Waals surface area contributed by atoms with Gasteiger partial charge in [-0.05, 0) is 24.3 Å². The first-order chi connectivity index (χ1) is 11.9. The number of aliphatic hydroxyl groups excluding tert-OH is 1. The van der Waals surface area contributed by atoms with E-state index in [4.69, 9.17) is 17.3 Å². The predicted molar refractivity (Wildman–Crippen MR) is 101 cm³/mol. The fraction of sp³-hybridized carbons (Fsp3) is 0.471. The molecule has 2 atom stereocenters. The first-order valence-electron chi connectivity index (χ1n) is 8.26. The van der Waals surface area contributed by atoms with Crippen molar-refractivity contribution in [2.75, 3.05) is 23.7 Å². The number of hydrogen-bond acceptors (Lipinski definition) is 7. The number of piperidine rings is 1. The van der Waals surface area contributed by atoms with Crippen molar-refractivity contribution < 1.29 is 5.11 Å². The van der Waals surface area contributed by atoms with Crippen molar-refractivity contribution in [2.45, 2.75) is 42.7 Å². The van der Waals surface area contributed by atoms with Gasteiger partial charge in [-0.15, -0.1) is 0 Å². The molecule has 0 radical (unpaired) electrons. The standard InChI is InChI=1S/C17H22ClN5OS/c1-3-17(2)5-7-23(10-12(17)24)13-8-22-14(9-21-13)25-11-4-6-20-16(19)15(11)18/h4,6,8-9,12,24H,3,5,7,10H2,1-2H3,(H2,19,20)/t12-,17-/m1/s1. The lowest BCUT2D eigenvalue weighted by Gasteiger charge is -2.43. The lowest BCUT2D eigenvalue weighted by atomic mass is 9.76. The van der Waals surface area contributed by atoms with E-state index in [1.54, 1.807) is 24.7 Å². The summed E-state index contributed by atoms with van der Waals surface area (Å²) in [6.07, 6.45) is 6.62. The molecule has 0 bridgehead atoms. The molecule has 0 spiro atoms. The molecule has 0 saturated carbocycles. The van der Waals surface area contributed by atoms with Gasteiger partial charge < -0.3 is 15.7 Å². The van der Waals surface area contributed by atoms with Crippen LogP contribution in [0.25, 0.3) is 0 Å². The number of aliphatic hydroxyl groups is 1. The number of β-amino-alcohol motifs (C(OH)–C–C–N with tert-alkyl or cyclic N) is 1. The van der Waals surface area contributed by atoms with Crippen molar-refractivity contribution in [1.82, 2.24) is 15.0 Å². The Hall–Kier alpha value is -1.57. The SMILES string of the molecule is CC[C@]1(C)CCN(c2cnc(Sc3ccnc(N)c3Cl)cn2)C[C@H]1O. The van der Waals surface area contributed by atoms with Crippen molar-refractivity contribution in [2.24, 2.45) is 5.41 Å². The van der Waals surface area contributed by atoms with Crippen LogP contribution in [-0.4, -0.2) is 39.3 Å². The van der Waals surface area contributed by atoms with Gasteiger partial charge in [0.1, 0.15) is 16.7 Å². The number of nitrogen functional groups attached to an aromatic ring is 1. The molecule has 3 N–H and O–H groups in total. The third kappa shape index (κ3) is 3.83. The normalized spacial score (nSPS) is 23.7. The minimum atomic E-state index is -0.360. The van der Waals surface area contributed by atoms with Gasteiger partial charge in [0.05, 0.1) is 23.5 Å². The average molecular weight is 380 g/mol. The zero-order valence-corrected chi connectivity index (χ0v) is 15.9. The van der Waals surface area contributed by atoms with E-state index < -0.39 is 0 Å². The topological polar surface area (TPSA) is 88.2 Å². The molecule has 25 heavy (non-hydrogen) atoms. The highest BCUT2D eigenvalue weighted by molar-refractivity contribution is 7.99. The van der Waals surface area contributed by atoms with Crippen LogP contribution in [0, 0.1) is 5.41 Å². The molecule has 1 saturated heterocycles. The number of aromatic nitrogens is 3. The van der Waals surface area contributed by atoms with E-state index in [1.807, 2.05) is 0 Å². The van der Waals surface area contributed by atoms with E-state index in [0.717, 1.165) is 35.1 Å². The maximum Gasteiger partial charge on any atom is 0.147 e. The number of halogens is 1. The van der Waals surface area contributed by atoms with Crippen LogP contribution >= 0.6 is 23.4 Å². The Morgan fingerprint density at radius 3 is 2.84 bits per heavy atom. The summed E-state index contributed by atoms with van der Waals surface area (Å²) in [7, 11) is 0. The molecule has 0 amide bonds. The number of nitrogens with two attached hydrogens (primary N) is 1. The third-order valence-electron chi connectivity index (χ3n) is 4.99. The summed E-state index contributed by atoms with van der Waals surface area (Å²) in [5.74, 6) is 1.08. The summed E-state index contributed by atoms with van der Waals surface area (Å²) >= 11 is 7.55. The lowest BCUT2D eigenvalue weighted by molar-refractivity contribution is 0.0187. The van der Waals surface area contributed by atoms with E-state index in [-0.39, 0.29) is 11.5 Å². The molecule has 1 aliphatic heterocycles. The maximum atomic E-state index is 10.4. The van der Waals surface area contributed by atoms with Gasteiger partial charge in [-0.3, -0.25) is 0 Å². The number of pyridine rings is 1. The summed E-state index contributed by atoms with van der Waals surface area (Å²) < 4.78 is 0. The number of nitrogens with zero attached hydrogens (tertiary/aromatic N) is 4. The number of hydrogen-bond donors (Lipinski definition) is 2. The van der Waals surface area contributed by atoms with Gasteiger partial charge in [0.15, 0.2) is 0 Å². The van der Waals surface area contributed by atoms with E-state index >= 15 is 0 Å². The van der Waals surface area contributed by atoms with Gasteiger partial charge in [-0.1, -0.05) is 37.2 Å². The van der Waals surface area contributed by atoms with Gasteiger partial charge in [-0.25, -0.2) is 15.0 Å². The average Bonchev–Trinajstić information content (AvgIpc) is 2.62. The van der Waals surface area contributed by atoms with E-state index in [2.05, 4.69) is 33.7 Å². The zero-order chi connectivity index (χ0) is 18.0. The van der Waals surface area contributed by atoms with Crippen LogP contribution in [0.15, 0.2) is 34.6 Å². The van der Waals surface area contributed by atoms with Crippen LogP contribution in [0.4, 0.5) is 11.6 Å². The molecule has 2 aromatic heterocycles. The molecule has 0 aliphatic carbocycles. The molecule has 2 aromatic rings. The molecule has 6 nitrogen and oxygen atoms in total. The number of rotatable bonds is 4. The molecule has 134 valence electrons. The van der Waals surface area contributed by atoms with Crippen molar-refractivity contribution in [3.63, 3.8) is 0 Å². The smallest absolute Gasteiger partial charge is 0.147 e. The Labute approximate surface area is 156 Å². The Kier molecular flexibility index (Phi) is 5.36. The summed E-state index contributed by atoms with van der Waals surface area (Å²) in [5, 5.41) is 11.6. The maximum absolute atomic E-state index is 10.4. The third-order valence-corrected chi connectivity index (χ3v) is 6.48. The predicted octanol–water partition coefficient (Wildman–Crippen LogP) is 3.25. The van der Waals surface area contributed by atoms with Crippen molar-refractivity contribution >= 4 is 35.0 Å². The largest absolute Gasteiger partial charge is 0.391 e. The monoisotopic (exact) mass is 379 g/mol. The van der Waals surface area contributed by atoms with Crippen LogP contribution in [0.1, 0.15) is 26.7 Å². The molecule has 8 heteroatoms. The van der Waals surface area contributed by atoms with Gasteiger partial charge in [0.2, 0.25) is 0 Å². The van der Waals surface area contributed by atoms with Crippen LogP contribution in [-0.2, 0) is 0 Å². The zero-order valence-electron chi connectivity index (χ0n) is 14.3. The summed E-state index contributed by atoms with van der Waals surface area (Å²) in [6.45, 7) is 5.72. The van der Waals surface area contributed by atoms with Crippen LogP contribution in [0.5, 0.6) is 0 Å². The highest BCUT2D eigenvalue weighted by atomic mass is 35.5. The fourth-order valence-electron chi connectivity index (χ4n) is 2.86. The summed E-state index contributed by atoms with van der Waals surface area (Å²) in [5.41, 5.74) is 5.70. The van der Waals surface area contributed by atoms with Crippen molar-refractivity contribution in [1.29, 1.82) is 0 Å². The quantitative estimate of drug-likeness (QED) is 0.842. The minimum Gasteiger partial charge on any atom is -0.391 e. The Balaban J connectivity index is 1.70. The fourth-order valence-corrected chi connectivity index (χ4v) is 3.84. The summed E-state index contributed by atoms with van der Waals surface area (Å²) in [6, 6.07) is 1.80. The lowest BCUT2D eigenvalue weighted by Crippen LogP contribution is -2.49. The van der Waals surface area contributed by atoms with Gasteiger partial charge in [0, 0.05) is 24.2 Å². The molecular formula is C17H22ClN5OS.